The van der Waals surface area contributed by atoms with Crippen molar-refractivity contribution in [3.05, 3.63) is 53.7 Å². The van der Waals surface area contributed by atoms with Crippen LogP contribution in [-0.2, 0) is 15.9 Å². The van der Waals surface area contributed by atoms with E-state index in [-0.39, 0.29) is 56.1 Å². The Morgan fingerprint density at radius 1 is 1.04 bits per heavy atom. The van der Waals surface area contributed by atoms with Crippen molar-refractivity contribution >= 4 is 27.5 Å². The SMILES string of the molecule is C[C@@]12C[C@@H](F)CN(C1)c1nc(OC[C@@]34CCCN3C[C@H](F)C4)nc3c(F)c(ncc13)-c1cccc3ccc(F)c(c13)CCCOCOCN2. The molecule has 9 rings (SSSR count). The van der Waals surface area contributed by atoms with Gasteiger partial charge in [0.1, 0.15) is 48.6 Å². The molecular formula is C36H40F4N6O3. The fourth-order valence-corrected chi connectivity index (χ4v) is 8.40. The van der Waals surface area contributed by atoms with Crippen molar-refractivity contribution in [2.75, 3.05) is 57.8 Å². The van der Waals surface area contributed by atoms with E-state index in [1.807, 2.05) is 13.0 Å². The average Bonchev–Trinajstić information content (AvgIpc) is 3.60. The van der Waals surface area contributed by atoms with Crippen LogP contribution in [0.25, 0.3) is 32.9 Å². The van der Waals surface area contributed by atoms with Crippen molar-refractivity contribution < 1.29 is 31.8 Å². The fraction of sp³-hybridized carbons (Fsp3) is 0.528. The van der Waals surface area contributed by atoms with Gasteiger partial charge in [-0.25, -0.2) is 17.6 Å². The van der Waals surface area contributed by atoms with Gasteiger partial charge in [0.15, 0.2) is 5.82 Å². The van der Waals surface area contributed by atoms with Gasteiger partial charge in [-0.05, 0) is 68.0 Å². The van der Waals surface area contributed by atoms with Crippen molar-refractivity contribution in [2.24, 2.45) is 0 Å². The Hall–Kier alpha value is -3.65. The lowest BCUT2D eigenvalue weighted by Gasteiger charge is -2.43. The Morgan fingerprint density at radius 3 is 2.82 bits per heavy atom. The molecule has 1 N–H and O–H groups in total. The number of piperidine rings is 1. The molecular weight excluding hydrogens is 640 g/mol. The number of halogens is 4. The summed E-state index contributed by atoms with van der Waals surface area (Å²) in [5.41, 5.74) is -0.364. The number of ether oxygens (including phenoxy) is 3. The van der Waals surface area contributed by atoms with Gasteiger partial charge in [0.2, 0.25) is 0 Å². The molecule has 3 fully saturated rings. The summed E-state index contributed by atoms with van der Waals surface area (Å²) in [7, 11) is 0. The Labute approximate surface area is 281 Å². The molecule has 49 heavy (non-hydrogen) atoms. The molecule has 0 radical (unpaired) electrons. The lowest BCUT2D eigenvalue weighted by atomic mass is 9.90. The van der Waals surface area contributed by atoms with Crippen LogP contribution >= 0.6 is 0 Å². The molecule has 2 aromatic carbocycles. The van der Waals surface area contributed by atoms with Gasteiger partial charge in [-0.15, -0.1) is 0 Å². The summed E-state index contributed by atoms with van der Waals surface area (Å²) in [6.07, 6.45) is 2.48. The number of hydrogen-bond acceptors (Lipinski definition) is 9. The summed E-state index contributed by atoms with van der Waals surface area (Å²) in [5.74, 6) is -0.830. The van der Waals surface area contributed by atoms with Crippen LogP contribution in [0.5, 0.6) is 6.01 Å². The number of pyridine rings is 1. The molecule has 260 valence electrons. The number of nitrogens with zero attached hydrogens (tertiary/aromatic N) is 5. The summed E-state index contributed by atoms with van der Waals surface area (Å²) >= 11 is 0. The molecule has 0 aliphatic carbocycles. The minimum atomic E-state index is -1.22. The van der Waals surface area contributed by atoms with Crippen molar-refractivity contribution in [3.8, 4) is 17.3 Å². The second kappa shape index (κ2) is 12.9. The highest BCUT2D eigenvalue weighted by atomic mass is 19.1. The molecule has 13 heteroatoms. The molecule has 5 aliphatic heterocycles. The average molecular weight is 681 g/mol. The summed E-state index contributed by atoms with van der Waals surface area (Å²) in [6.45, 7) is 4.01. The summed E-state index contributed by atoms with van der Waals surface area (Å²) < 4.78 is 80.1. The number of fused-ring (bicyclic) bond motifs is 9. The molecule has 9 nitrogen and oxygen atoms in total. The van der Waals surface area contributed by atoms with E-state index in [0.29, 0.717) is 60.9 Å². The van der Waals surface area contributed by atoms with Gasteiger partial charge in [0.25, 0.3) is 0 Å². The smallest absolute Gasteiger partial charge is 0.319 e. The number of alkyl halides is 2. The van der Waals surface area contributed by atoms with Crippen molar-refractivity contribution in [1.82, 2.24) is 25.2 Å². The highest BCUT2D eigenvalue weighted by molar-refractivity contribution is 6.01. The molecule has 0 amide bonds. The highest BCUT2D eigenvalue weighted by Gasteiger charge is 2.49. The lowest BCUT2D eigenvalue weighted by Crippen LogP contribution is -2.59. The third-order valence-corrected chi connectivity index (χ3v) is 10.6. The molecule has 7 heterocycles. The predicted octanol–water partition coefficient (Wildman–Crippen LogP) is 5.87. The van der Waals surface area contributed by atoms with Crippen LogP contribution in [0.1, 0.15) is 44.6 Å². The first kappa shape index (κ1) is 32.5. The summed E-state index contributed by atoms with van der Waals surface area (Å²) in [4.78, 5) is 17.8. The standard InChI is InChI=1S/C36H40F4N6O3/c1-35-13-23(37)16-45(18-35)33-27-15-41-31(30(40)32(27)43-34(44-33)49-19-36-10-4-11-46(36)17-24(38)14-36)26-6-2-5-22-8-9-28(39)25(29(22)26)7-3-12-47-21-48-20-42-35/h2,5-6,8-9,15,23-24,42H,3-4,7,10-14,16-21H2,1H3/t23-,24-,35-,36+/m1/s1. The zero-order valence-electron chi connectivity index (χ0n) is 27.5. The Kier molecular flexibility index (Phi) is 8.58. The molecule has 0 unspecified atom stereocenters. The second-order valence-electron chi connectivity index (χ2n) is 14.2. The molecule has 0 spiro atoms. The number of rotatable bonds is 3. The fourth-order valence-electron chi connectivity index (χ4n) is 8.40. The first-order chi connectivity index (χ1) is 23.7. The summed E-state index contributed by atoms with van der Waals surface area (Å²) in [6, 6.07) is 8.39. The molecule has 5 aliphatic rings. The van der Waals surface area contributed by atoms with Gasteiger partial charge in [-0.1, -0.05) is 24.3 Å². The maximum atomic E-state index is 17.0. The van der Waals surface area contributed by atoms with E-state index in [1.54, 1.807) is 23.1 Å². The first-order valence-electron chi connectivity index (χ1n) is 17.1. The van der Waals surface area contributed by atoms with E-state index < -0.39 is 35.1 Å². The van der Waals surface area contributed by atoms with Gasteiger partial charge in [0, 0.05) is 43.4 Å². The minimum Gasteiger partial charge on any atom is -0.461 e. The van der Waals surface area contributed by atoms with Gasteiger partial charge in [-0.2, -0.15) is 9.97 Å². The third-order valence-electron chi connectivity index (χ3n) is 10.6. The van der Waals surface area contributed by atoms with Crippen LogP contribution in [0.4, 0.5) is 23.4 Å². The number of hydrogen-bond donors (Lipinski definition) is 1. The number of aromatic nitrogens is 3. The summed E-state index contributed by atoms with van der Waals surface area (Å²) in [5, 5.41) is 4.91. The molecule has 6 bridgehead atoms. The van der Waals surface area contributed by atoms with Crippen LogP contribution in [0.15, 0.2) is 36.5 Å². The molecule has 4 atom stereocenters. The van der Waals surface area contributed by atoms with Crippen molar-refractivity contribution in [2.45, 2.75) is 68.9 Å². The highest BCUT2D eigenvalue weighted by Crippen LogP contribution is 2.42. The van der Waals surface area contributed by atoms with E-state index >= 15 is 13.2 Å². The number of benzene rings is 2. The topological polar surface area (TPSA) is 84.9 Å². The monoisotopic (exact) mass is 680 g/mol. The van der Waals surface area contributed by atoms with Crippen LogP contribution in [0, 0.1) is 11.6 Å². The normalized spacial score (nSPS) is 28.1. The van der Waals surface area contributed by atoms with Crippen LogP contribution in [0.2, 0.25) is 0 Å². The maximum absolute atomic E-state index is 17.0. The number of nitrogens with one attached hydrogen (secondary N) is 1. The van der Waals surface area contributed by atoms with Gasteiger partial charge >= 0.3 is 6.01 Å². The second-order valence-corrected chi connectivity index (χ2v) is 14.2. The quantitative estimate of drug-likeness (QED) is 0.267. The minimum absolute atomic E-state index is 0.00765. The van der Waals surface area contributed by atoms with Crippen LogP contribution in [-0.4, -0.2) is 96.2 Å². The predicted molar refractivity (Wildman–Crippen MR) is 177 cm³/mol. The molecule has 4 aromatic rings. The van der Waals surface area contributed by atoms with Crippen molar-refractivity contribution in [3.63, 3.8) is 0 Å². The molecule has 0 saturated carbocycles. The van der Waals surface area contributed by atoms with E-state index in [1.165, 1.54) is 12.3 Å². The van der Waals surface area contributed by atoms with E-state index in [2.05, 4.69) is 20.2 Å². The Bertz CT molecular complexity index is 1880. The van der Waals surface area contributed by atoms with Crippen molar-refractivity contribution in [1.29, 1.82) is 0 Å². The zero-order chi connectivity index (χ0) is 33.8. The Morgan fingerprint density at radius 2 is 1.92 bits per heavy atom. The number of anilines is 1. The van der Waals surface area contributed by atoms with E-state index in [9.17, 15) is 4.39 Å². The first-order valence-corrected chi connectivity index (χ1v) is 17.1. The lowest BCUT2D eigenvalue weighted by molar-refractivity contribution is -0.0667. The zero-order valence-corrected chi connectivity index (χ0v) is 27.5. The largest absolute Gasteiger partial charge is 0.461 e. The van der Waals surface area contributed by atoms with Gasteiger partial charge in [0.05, 0.1) is 24.2 Å². The molecule has 3 saturated heterocycles. The number of aryl methyl sites for hydroxylation is 1. The van der Waals surface area contributed by atoms with Gasteiger partial charge < -0.3 is 19.1 Å². The van der Waals surface area contributed by atoms with E-state index in [4.69, 9.17) is 19.2 Å². The van der Waals surface area contributed by atoms with Gasteiger partial charge in [-0.3, -0.25) is 15.2 Å². The van der Waals surface area contributed by atoms with Crippen LogP contribution in [0.3, 0.4) is 0 Å². The Balaban J connectivity index is 1.28. The van der Waals surface area contributed by atoms with E-state index in [0.717, 1.165) is 24.8 Å². The third kappa shape index (κ3) is 6.08. The maximum Gasteiger partial charge on any atom is 0.319 e. The molecule has 2 aromatic heterocycles. The van der Waals surface area contributed by atoms with Crippen LogP contribution < -0.4 is 15.0 Å².